The number of hydrogen-bond donors (Lipinski definition) is 0. The van der Waals surface area contributed by atoms with Crippen LogP contribution in [0.15, 0.2) is 30.7 Å². The van der Waals surface area contributed by atoms with E-state index in [0.29, 0.717) is 0 Å². The molecule has 2 aromatic rings. The molecule has 88 valence electrons. The lowest BCUT2D eigenvalue weighted by molar-refractivity contribution is 0.868. The average Bonchev–Trinajstić information content (AvgIpc) is 2.33. The topological polar surface area (TPSA) is 41.9 Å². The third-order valence-electron chi connectivity index (χ3n) is 2.35. The Morgan fingerprint density at radius 3 is 2.88 bits per heavy atom. The zero-order chi connectivity index (χ0) is 12.3. The van der Waals surface area contributed by atoms with E-state index in [0.717, 1.165) is 21.8 Å². The molecule has 0 fully saturated rings. The van der Waals surface area contributed by atoms with E-state index < -0.39 is 0 Å². The number of aryl methyl sites for hydroxylation is 1. The zero-order valence-electron chi connectivity index (χ0n) is 9.76. The normalized spacial score (nSPS) is 10.3. The maximum absolute atomic E-state index is 4.46. The highest BCUT2D eigenvalue weighted by atomic mass is 127. The van der Waals surface area contributed by atoms with Gasteiger partial charge in [0.05, 0.1) is 3.57 Å². The third-order valence-corrected chi connectivity index (χ3v) is 3.11. The van der Waals surface area contributed by atoms with Gasteiger partial charge < -0.3 is 4.90 Å². The lowest BCUT2D eigenvalue weighted by Crippen LogP contribution is -2.19. The first kappa shape index (κ1) is 12.2. The van der Waals surface area contributed by atoms with E-state index in [9.17, 15) is 0 Å². The molecule has 2 rings (SSSR count). The molecule has 2 aromatic heterocycles. The van der Waals surface area contributed by atoms with Gasteiger partial charge in [0.1, 0.15) is 11.6 Å². The Morgan fingerprint density at radius 2 is 2.18 bits per heavy atom. The number of anilines is 1. The van der Waals surface area contributed by atoms with Gasteiger partial charge in [-0.2, -0.15) is 0 Å². The van der Waals surface area contributed by atoms with Gasteiger partial charge in [0.15, 0.2) is 0 Å². The van der Waals surface area contributed by atoms with Crippen LogP contribution >= 0.6 is 22.6 Å². The fourth-order valence-corrected chi connectivity index (χ4v) is 2.22. The molecular formula is C12H13IN4. The van der Waals surface area contributed by atoms with Crippen molar-refractivity contribution >= 4 is 28.4 Å². The fraction of sp³-hybridized carbons (Fsp3) is 0.250. The highest BCUT2D eigenvalue weighted by molar-refractivity contribution is 14.1. The second kappa shape index (κ2) is 5.39. The zero-order valence-corrected chi connectivity index (χ0v) is 11.9. The molecule has 0 bridgehead atoms. The van der Waals surface area contributed by atoms with E-state index in [1.807, 2.05) is 32.4 Å². The minimum Gasteiger partial charge on any atom is -0.354 e. The third kappa shape index (κ3) is 3.12. The molecule has 0 aliphatic carbocycles. The van der Waals surface area contributed by atoms with Gasteiger partial charge in [0.25, 0.3) is 0 Å². The second-order valence-electron chi connectivity index (χ2n) is 3.81. The summed E-state index contributed by atoms with van der Waals surface area (Å²) in [5, 5.41) is 0. The van der Waals surface area contributed by atoms with Gasteiger partial charge in [-0.3, -0.25) is 4.98 Å². The predicted octanol–water partition coefficient (Wildman–Crippen LogP) is 2.42. The number of rotatable bonds is 3. The van der Waals surface area contributed by atoms with Crippen LogP contribution in [0.2, 0.25) is 0 Å². The van der Waals surface area contributed by atoms with Crippen LogP contribution in [0, 0.1) is 10.5 Å². The summed E-state index contributed by atoms with van der Waals surface area (Å²) < 4.78 is 1.06. The van der Waals surface area contributed by atoms with Crippen molar-refractivity contribution in [3.05, 3.63) is 45.7 Å². The first-order valence-corrected chi connectivity index (χ1v) is 6.34. The van der Waals surface area contributed by atoms with E-state index in [2.05, 4.69) is 48.5 Å². The highest BCUT2D eigenvalue weighted by Crippen LogP contribution is 2.19. The van der Waals surface area contributed by atoms with Crippen LogP contribution in [-0.2, 0) is 6.54 Å². The van der Waals surface area contributed by atoms with E-state index >= 15 is 0 Å². The van der Waals surface area contributed by atoms with Gasteiger partial charge in [-0.1, -0.05) is 6.07 Å². The van der Waals surface area contributed by atoms with Crippen LogP contribution in [0.3, 0.4) is 0 Å². The van der Waals surface area contributed by atoms with E-state index in [4.69, 9.17) is 0 Å². The minimum absolute atomic E-state index is 0.790. The van der Waals surface area contributed by atoms with E-state index in [-0.39, 0.29) is 0 Å². The summed E-state index contributed by atoms with van der Waals surface area (Å²) in [5.41, 5.74) is 1.17. The maximum Gasteiger partial charge on any atom is 0.145 e. The van der Waals surface area contributed by atoms with Crippen molar-refractivity contribution < 1.29 is 0 Å². The van der Waals surface area contributed by atoms with Crippen molar-refractivity contribution in [2.75, 3.05) is 11.9 Å². The lowest BCUT2D eigenvalue weighted by atomic mass is 10.3. The van der Waals surface area contributed by atoms with Gasteiger partial charge in [0.2, 0.25) is 0 Å². The summed E-state index contributed by atoms with van der Waals surface area (Å²) in [6, 6.07) is 4.00. The molecule has 0 saturated carbocycles. The number of nitrogens with zero attached hydrogens (tertiary/aromatic N) is 4. The molecule has 2 heterocycles. The Kier molecular flexibility index (Phi) is 3.88. The largest absolute Gasteiger partial charge is 0.354 e. The quantitative estimate of drug-likeness (QED) is 0.805. The van der Waals surface area contributed by atoms with Crippen LogP contribution in [-0.4, -0.2) is 22.0 Å². The number of pyridine rings is 1. The Balaban J connectivity index is 2.20. The summed E-state index contributed by atoms with van der Waals surface area (Å²) in [5.74, 6) is 1.75. The van der Waals surface area contributed by atoms with Crippen molar-refractivity contribution in [3.63, 3.8) is 0 Å². The van der Waals surface area contributed by atoms with Crippen molar-refractivity contribution in [1.82, 2.24) is 15.0 Å². The number of halogens is 1. The molecule has 0 spiro atoms. The Bertz CT molecular complexity index is 501. The molecular weight excluding hydrogens is 327 g/mol. The number of hydrogen-bond acceptors (Lipinski definition) is 4. The van der Waals surface area contributed by atoms with E-state index in [1.54, 1.807) is 6.20 Å². The Hall–Kier alpha value is -1.24. The first-order chi connectivity index (χ1) is 8.16. The summed E-state index contributed by atoms with van der Waals surface area (Å²) in [7, 11) is 2.02. The summed E-state index contributed by atoms with van der Waals surface area (Å²) in [6.07, 6.45) is 5.50. The van der Waals surface area contributed by atoms with Gasteiger partial charge in [0, 0.05) is 32.2 Å². The molecule has 0 aliphatic heterocycles. The summed E-state index contributed by atoms with van der Waals surface area (Å²) >= 11 is 2.25. The van der Waals surface area contributed by atoms with Crippen molar-refractivity contribution in [1.29, 1.82) is 0 Å². The van der Waals surface area contributed by atoms with Gasteiger partial charge in [-0.15, -0.1) is 0 Å². The minimum atomic E-state index is 0.790. The van der Waals surface area contributed by atoms with Crippen molar-refractivity contribution in [3.8, 4) is 0 Å². The SMILES string of the molecule is Cc1ncc(I)c(N(C)Cc2cccnc2)n1. The van der Waals surface area contributed by atoms with Gasteiger partial charge in [-0.05, 0) is 41.1 Å². The second-order valence-corrected chi connectivity index (χ2v) is 4.97. The van der Waals surface area contributed by atoms with Crippen molar-refractivity contribution in [2.24, 2.45) is 0 Å². The molecule has 17 heavy (non-hydrogen) atoms. The fourth-order valence-electron chi connectivity index (χ4n) is 1.55. The number of aromatic nitrogens is 3. The molecule has 0 saturated heterocycles. The van der Waals surface area contributed by atoms with Crippen LogP contribution in [0.5, 0.6) is 0 Å². The molecule has 4 nitrogen and oxygen atoms in total. The maximum atomic E-state index is 4.46. The molecule has 0 amide bonds. The lowest BCUT2D eigenvalue weighted by Gasteiger charge is -2.19. The van der Waals surface area contributed by atoms with Crippen LogP contribution in [0.4, 0.5) is 5.82 Å². The van der Waals surface area contributed by atoms with Crippen molar-refractivity contribution in [2.45, 2.75) is 13.5 Å². The standard InChI is InChI=1S/C12H13IN4/c1-9-15-7-11(13)12(16-9)17(2)8-10-4-3-5-14-6-10/h3-7H,8H2,1-2H3. The smallest absolute Gasteiger partial charge is 0.145 e. The molecule has 0 radical (unpaired) electrons. The van der Waals surface area contributed by atoms with Crippen LogP contribution < -0.4 is 4.90 Å². The molecule has 0 aliphatic rings. The summed E-state index contributed by atoms with van der Waals surface area (Å²) in [4.78, 5) is 14.8. The molecule has 0 N–H and O–H groups in total. The summed E-state index contributed by atoms with van der Waals surface area (Å²) in [6.45, 7) is 2.69. The predicted molar refractivity (Wildman–Crippen MR) is 75.8 cm³/mol. The van der Waals surface area contributed by atoms with Gasteiger partial charge >= 0.3 is 0 Å². The van der Waals surface area contributed by atoms with Gasteiger partial charge in [-0.25, -0.2) is 9.97 Å². The highest BCUT2D eigenvalue weighted by Gasteiger charge is 2.08. The first-order valence-electron chi connectivity index (χ1n) is 5.26. The Labute approximate surface area is 114 Å². The monoisotopic (exact) mass is 340 g/mol. The molecule has 0 unspecified atom stereocenters. The Morgan fingerprint density at radius 1 is 1.35 bits per heavy atom. The average molecular weight is 340 g/mol. The molecule has 0 atom stereocenters. The van der Waals surface area contributed by atoms with Crippen LogP contribution in [0.1, 0.15) is 11.4 Å². The van der Waals surface area contributed by atoms with E-state index in [1.165, 1.54) is 5.56 Å². The van der Waals surface area contributed by atoms with Crippen LogP contribution in [0.25, 0.3) is 0 Å². The molecule has 0 aromatic carbocycles. The molecule has 5 heteroatoms.